The molecule has 118 valence electrons. The Labute approximate surface area is 138 Å². The summed E-state index contributed by atoms with van der Waals surface area (Å²) in [5, 5.41) is 21.6. The first-order chi connectivity index (χ1) is 11.2. The number of hydrogen-bond donors (Lipinski definition) is 0. The second kappa shape index (κ2) is 8.18. The largest absolute Gasteiger partial charge is 0.409 e. The van der Waals surface area contributed by atoms with E-state index in [-0.39, 0.29) is 23.0 Å². The molecule has 0 atom stereocenters. The summed E-state index contributed by atoms with van der Waals surface area (Å²) in [6.07, 6.45) is 0.660. The van der Waals surface area contributed by atoms with Crippen molar-refractivity contribution >= 4 is 12.2 Å². The van der Waals surface area contributed by atoms with Gasteiger partial charge in [-0.25, -0.2) is 9.07 Å². The monoisotopic (exact) mass is 331 g/mol. The molecule has 6 nitrogen and oxygen atoms in total. The summed E-state index contributed by atoms with van der Waals surface area (Å²) in [6.45, 7) is 1.25. The Hall–Kier alpha value is -2.55. The van der Waals surface area contributed by atoms with Gasteiger partial charge in [-0.2, -0.15) is 10.5 Å². The molecule has 1 aromatic carbocycles. The number of hydrogen-bond acceptors (Lipinski definition) is 6. The van der Waals surface area contributed by atoms with E-state index in [1.54, 1.807) is 18.2 Å². The summed E-state index contributed by atoms with van der Waals surface area (Å²) in [7, 11) is 0. The standard InChI is InChI=1S/C15H14FN5OS/c16-13-6-2-1-5-12(13)14-19-21(15(23)22-14)11-20(9-3-7-17)10-4-8-18/h1-2,5-6H,3-4,9-11H2. The van der Waals surface area contributed by atoms with Crippen molar-refractivity contribution in [3.05, 3.63) is 34.9 Å². The fourth-order valence-corrected chi connectivity index (χ4v) is 2.18. The molecule has 0 aliphatic carbocycles. The van der Waals surface area contributed by atoms with Crippen LogP contribution in [0.5, 0.6) is 0 Å². The maximum Gasteiger partial charge on any atom is 0.288 e. The van der Waals surface area contributed by atoms with Gasteiger partial charge in [-0.1, -0.05) is 12.1 Å². The van der Waals surface area contributed by atoms with Gasteiger partial charge in [0.05, 0.1) is 24.4 Å². The number of nitriles is 2. The van der Waals surface area contributed by atoms with Gasteiger partial charge in [-0.05, 0) is 24.4 Å². The van der Waals surface area contributed by atoms with E-state index in [0.717, 1.165) is 0 Å². The molecule has 0 saturated heterocycles. The topological polar surface area (TPSA) is 81.8 Å². The van der Waals surface area contributed by atoms with Gasteiger partial charge in [0.15, 0.2) is 0 Å². The third-order valence-corrected chi connectivity index (χ3v) is 3.42. The predicted molar refractivity (Wildman–Crippen MR) is 82.8 cm³/mol. The average molecular weight is 331 g/mol. The molecule has 0 spiro atoms. The molecule has 1 heterocycles. The van der Waals surface area contributed by atoms with Crippen LogP contribution >= 0.6 is 12.2 Å². The molecule has 0 aliphatic heterocycles. The lowest BCUT2D eigenvalue weighted by Gasteiger charge is -2.18. The molecule has 0 unspecified atom stereocenters. The van der Waals surface area contributed by atoms with Gasteiger partial charge in [-0.3, -0.25) is 4.90 Å². The summed E-state index contributed by atoms with van der Waals surface area (Å²) in [6, 6.07) is 10.3. The van der Waals surface area contributed by atoms with Crippen LogP contribution in [0.1, 0.15) is 12.8 Å². The molecule has 0 amide bonds. The van der Waals surface area contributed by atoms with E-state index in [1.807, 2.05) is 4.90 Å². The second-order valence-corrected chi connectivity index (χ2v) is 5.08. The molecule has 0 N–H and O–H groups in total. The van der Waals surface area contributed by atoms with Crippen LogP contribution in [0.25, 0.3) is 11.5 Å². The summed E-state index contributed by atoms with van der Waals surface area (Å²) in [5.41, 5.74) is 0.234. The second-order valence-electron chi connectivity index (χ2n) is 4.73. The van der Waals surface area contributed by atoms with Crippen LogP contribution in [-0.2, 0) is 6.67 Å². The van der Waals surface area contributed by atoms with Crippen molar-refractivity contribution in [3.63, 3.8) is 0 Å². The Morgan fingerprint density at radius 3 is 2.48 bits per heavy atom. The maximum absolute atomic E-state index is 13.8. The zero-order valence-electron chi connectivity index (χ0n) is 12.3. The van der Waals surface area contributed by atoms with Crippen molar-refractivity contribution in [1.82, 2.24) is 14.7 Å². The smallest absolute Gasteiger partial charge is 0.288 e. The molecule has 0 bridgehead atoms. The van der Waals surface area contributed by atoms with E-state index < -0.39 is 5.82 Å². The first kappa shape index (κ1) is 16.8. The molecule has 23 heavy (non-hydrogen) atoms. The van der Waals surface area contributed by atoms with Gasteiger partial charge in [0.25, 0.3) is 4.84 Å². The zero-order valence-corrected chi connectivity index (χ0v) is 13.1. The highest BCUT2D eigenvalue weighted by Gasteiger charge is 2.14. The minimum Gasteiger partial charge on any atom is -0.409 e. The Morgan fingerprint density at radius 1 is 1.22 bits per heavy atom. The summed E-state index contributed by atoms with van der Waals surface area (Å²) >= 11 is 5.11. The molecule has 0 fully saturated rings. The number of nitrogens with zero attached hydrogens (tertiary/aromatic N) is 5. The Kier molecular flexibility index (Phi) is 5.98. The molecule has 1 aromatic heterocycles. The summed E-state index contributed by atoms with van der Waals surface area (Å²) < 4.78 is 20.6. The van der Waals surface area contributed by atoms with Crippen molar-refractivity contribution < 1.29 is 8.81 Å². The number of benzene rings is 1. The molecular formula is C15H14FN5OS. The van der Waals surface area contributed by atoms with Crippen LogP contribution in [0, 0.1) is 33.3 Å². The van der Waals surface area contributed by atoms with E-state index in [0.29, 0.717) is 25.9 Å². The molecule has 2 rings (SSSR count). The first-order valence-corrected chi connectivity index (χ1v) is 7.35. The number of rotatable bonds is 7. The molecule has 2 aromatic rings. The van der Waals surface area contributed by atoms with Crippen LogP contribution in [0.15, 0.2) is 28.7 Å². The van der Waals surface area contributed by atoms with Crippen molar-refractivity contribution in [1.29, 1.82) is 10.5 Å². The number of aromatic nitrogens is 2. The van der Waals surface area contributed by atoms with Gasteiger partial charge in [0.2, 0.25) is 5.89 Å². The minimum atomic E-state index is -0.443. The van der Waals surface area contributed by atoms with E-state index in [2.05, 4.69) is 17.2 Å². The third kappa shape index (κ3) is 4.46. The summed E-state index contributed by atoms with van der Waals surface area (Å²) in [4.78, 5) is 1.98. The molecular weight excluding hydrogens is 317 g/mol. The Bertz CT molecular complexity index is 783. The van der Waals surface area contributed by atoms with Crippen LogP contribution in [0.4, 0.5) is 4.39 Å². The fraction of sp³-hybridized carbons (Fsp3) is 0.333. The average Bonchev–Trinajstić information content (AvgIpc) is 2.91. The lowest BCUT2D eigenvalue weighted by molar-refractivity contribution is 0.211. The molecule has 0 saturated carbocycles. The van der Waals surface area contributed by atoms with Crippen molar-refractivity contribution in [3.8, 4) is 23.6 Å². The van der Waals surface area contributed by atoms with Crippen molar-refractivity contribution in [2.45, 2.75) is 19.5 Å². The summed E-state index contributed by atoms with van der Waals surface area (Å²) in [5.74, 6) is -0.338. The van der Waals surface area contributed by atoms with E-state index in [9.17, 15) is 4.39 Å². The Balaban J connectivity index is 2.20. The molecule has 8 heteroatoms. The Morgan fingerprint density at radius 2 is 1.87 bits per heavy atom. The van der Waals surface area contributed by atoms with Crippen molar-refractivity contribution in [2.75, 3.05) is 13.1 Å². The van der Waals surface area contributed by atoms with Crippen LogP contribution < -0.4 is 0 Å². The SMILES string of the molecule is N#CCCN(CCC#N)Cn1nc(-c2ccccc2F)oc1=S. The highest BCUT2D eigenvalue weighted by atomic mass is 32.1. The molecule has 0 radical (unpaired) electrons. The lowest BCUT2D eigenvalue weighted by atomic mass is 10.2. The normalized spacial score (nSPS) is 10.4. The highest BCUT2D eigenvalue weighted by Crippen LogP contribution is 2.21. The quantitative estimate of drug-likeness (QED) is 0.725. The van der Waals surface area contributed by atoms with Crippen molar-refractivity contribution in [2.24, 2.45) is 0 Å². The lowest BCUT2D eigenvalue weighted by Crippen LogP contribution is -2.29. The van der Waals surface area contributed by atoms with E-state index in [4.69, 9.17) is 27.2 Å². The highest BCUT2D eigenvalue weighted by molar-refractivity contribution is 7.71. The predicted octanol–water partition coefficient (Wildman–Crippen LogP) is 3.10. The van der Waals surface area contributed by atoms with Gasteiger partial charge in [0, 0.05) is 25.9 Å². The van der Waals surface area contributed by atoms with Gasteiger partial charge in [0.1, 0.15) is 5.82 Å². The van der Waals surface area contributed by atoms with Gasteiger partial charge >= 0.3 is 0 Å². The fourth-order valence-electron chi connectivity index (χ4n) is 2.00. The zero-order chi connectivity index (χ0) is 16.7. The third-order valence-electron chi connectivity index (χ3n) is 3.12. The van der Waals surface area contributed by atoms with E-state index >= 15 is 0 Å². The first-order valence-electron chi connectivity index (χ1n) is 6.95. The number of halogens is 1. The maximum atomic E-state index is 13.8. The van der Waals surface area contributed by atoms with Crippen LogP contribution in [0.3, 0.4) is 0 Å². The van der Waals surface area contributed by atoms with Gasteiger partial charge < -0.3 is 4.42 Å². The van der Waals surface area contributed by atoms with Gasteiger partial charge in [-0.15, -0.1) is 5.10 Å². The van der Waals surface area contributed by atoms with E-state index in [1.165, 1.54) is 10.7 Å². The molecule has 0 aliphatic rings. The minimum absolute atomic E-state index is 0.105. The van der Waals surface area contributed by atoms with Crippen LogP contribution in [-0.4, -0.2) is 27.8 Å². The van der Waals surface area contributed by atoms with Crippen LogP contribution in [0.2, 0.25) is 0 Å².